The van der Waals surface area contributed by atoms with Crippen LogP contribution in [0.2, 0.25) is 10.0 Å². The van der Waals surface area contributed by atoms with Crippen LogP contribution in [0.5, 0.6) is 5.75 Å². The van der Waals surface area contributed by atoms with Gasteiger partial charge in [-0.2, -0.15) is 5.26 Å². The Hall–Kier alpha value is -2.86. The topological polar surface area (TPSA) is 70.4 Å². The van der Waals surface area contributed by atoms with Crippen molar-refractivity contribution in [2.75, 3.05) is 38.7 Å². The summed E-state index contributed by atoms with van der Waals surface area (Å²) in [5, 5.41) is 16.9. The number of aromatic nitrogens is 1. The maximum atomic E-state index is 9.79. The van der Waals surface area contributed by atoms with Crippen molar-refractivity contribution in [3.05, 3.63) is 68.5 Å². The average Bonchev–Trinajstić information content (AvgIpc) is 3.34. The van der Waals surface area contributed by atoms with Crippen LogP contribution in [0.15, 0.2) is 48.0 Å². The number of anilines is 2. The molecule has 0 atom stereocenters. The van der Waals surface area contributed by atoms with Crippen LogP contribution in [-0.4, -0.2) is 43.3 Å². The Balaban J connectivity index is 1.54. The average molecular weight is 525 g/mol. The Labute approximate surface area is 217 Å². The smallest absolute Gasteiger partial charge is 0.139 e. The number of hydrogen-bond donors (Lipinski definition) is 1. The molecule has 2 aromatic heterocycles. The zero-order valence-electron chi connectivity index (χ0n) is 19.0. The summed E-state index contributed by atoms with van der Waals surface area (Å²) in [6.07, 6.45) is 1.59. The summed E-state index contributed by atoms with van der Waals surface area (Å²) in [5.74, 6) is 0.488. The number of nitrogens with zero attached hydrogens (tertiary/aromatic N) is 3. The zero-order valence-corrected chi connectivity index (χ0v) is 21.3. The SMILES string of the molecule is COc1cc(Nc2c(C#N)cnc3c(-c4csc(CN5CCOCC5)c4)cccc23)c(Cl)cc1Cl. The number of methoxy groups -OCH3 is 1. The third-order valence-electron chi connectivity index (χ3n) is 5.97. The Bertz CT molecular complexity index is 1430. The Morgan fingerprint density at radius 3 is 2.80 bits per heavy atom. The molecule has 4 aromatic rings. The van der Waals surface area contributed by atoms with Crippen molar-refractivity contribution in [3.63, 3.8) is 0 Å². The fraction of sp³-hybridized carbons (Fsp3) is 0.231. The van der Waals surface area contributed by atoms with E-state index in [9.17, 15) is 5.26 Å². The lowest BCUT2D eigenvalue weighted by Crippen LogP contribution is -2.35. The molecule has 0 amide bonds. The molecule has 0 unspecified atom stereocenters. The fourth-order valence-electron chi connectivity index (χ4n) is 4.18. The van der Waals surface area contributed by atoms with Crippen LogP contribution in [-0.2, 0) is 11.3 Å². The van der Waals surface area contributed by atoms with Gasteiger partial charge in [-0.05, 0) is 23.1 Å². The Morgan fingerprint density at radius 1 is 1.20 bits per heavy atom. The van der Waals surface area contributed by atoms with Gasteiger partial charge in [-0.1, -0.05) is 41.4 Å². The molecule has 0 spiro atoms. The second-order valence-corrected chi connectivity index (χ2v) is 9.95. The van der Waals surface area contributed by atoms with Gasteiger partial charge < -0.3 is 14.8 Å². The van der Waals surface area contributed by atoms with E-state index in [2.05, 4.69) is 38.8 Å². The van der Waals surface area contributed by atoms with Gasteiger partial charge in [0.05, 0.1) is 52.8 Å². The van der Waals surface area contributed by atoms with Crippen LogP contribution < -0.4 is 10.1 Å². The van der Waals surface area contributed by atoms with E-state index in [0.717, 1.165) is 54.9 Å². The molecule has 3 heterocycles. The second kappa shape index (κ2) is 10.4. The van der Waals surface area contributed by atoms with Crippen molar-refractivity contribution >= 4 is 56.8 Å². The largest absolute Gasteiger partial charge is 0.495 e. The predicted molar refractivity (Wildman–Crippen MR) is 142 cm³/mol. The molecular weight excluding hydrogens is 503 g/mol. The van der Waals surface area contributed by atoms with E-state index in [1.54, 1.807) is 36.8 Å². The van der Waals surface area contributed by atoms with Gasteiger partial charge in [0.25, 0.3) is 0 Å². The molecule has 0 bridgehead atoms. The van der Waals surface area contributed by atoms with Crippen molar-refractivity contribution < 1.29 is 9.47 Å². The molecule has 5 rings (SSSR count). The van der Waals surface area contributed by atoms with Crippen LogP contribution in [0, 0.1) is 11.3 Å². The van der Waals surface area contributed by atoms with Gasteiger partial charge in [0.2, 0.25) is 0 Å². The number of hydrogen-bond acceptors (Lipinski definition) is 7. The number of ether oxygens (including phenoxy) is 2. The van der Waals surface area contributed by atoms with E-state index in [-0.39, 0.29) is 0 Å². The molecule has 9 heteroatoms. The summed E-state index contributed by atoms with van der Waals surface area (Å²) in [5.41, 5.74) is 4.57. The third-order valence-corrected chi connectivity index (χ3v) is 7.50. The highest BCUT2D eigenvalue weighted by Gasteiger charge is 2.17. The number of thiophene rings is 1. The molecule has 1 fully saturated rings. The van der Waals surface area contributed by atoms with Crippen molar-refractivity contribution in [1.29, 1.82) is 5.26 Å². The van der Waals surface area contributed by atoms with Crippen LogP contribution >= 0.6 is 34.5 Å². The molecule has 1 N–H and O–H groups in total. The second-order valence-electron chi connectivity index (χ2n) is 8.14. The van der Waals surface area contributed by atoms with E-state index in [4.69, 9.17) is 32.7 Å². The number of morpholine rings is 1. The molecule has 6 nitrogen and oxygen atoms in total. The van der Waals surface area contributed by atoms with Gasteiger partial charge in [0, 0.05) is 47.7 Å². The highest BCUT2D eigenvalue weighted by Crippen LogP contribution is 2.39. The van der Waals surface area contributed by atoms with Gasteiger partial charge in [-0.15, -0.1) is 11.3 Å². The van der Waals surface area contributed by atoms with Crippen molar-refractivity contribution in [1.82, 2.24) is 9.88 Å². The zero-order chi connectivity index (χ0) is 24.4. The lowest BCUT2D eigenvalue weighted by atomic mass is 10.0. The lowest BCUT2D eigenvalue weighted by Gasteiger charge is -2.25. The number of fused-ring (bicyclic) bond motifs is 1. The molecule has 1 aliphatic heterocycles. The number of halogens is 2. The van der Waals surface area contributed by atoms with Crippen LogP contribution in [0.1, 0.15) is 10.4 Å². The molecule has 0 aliphatic carbocycles. The first-order valence-corrected chi connectivity index (χ1v) is 12.7. The van der Waals surface area contributed by atoms with Crippen LogP contribution in [0.4, 0.5) is 11.4 Å². The lowest BCUT2D eigenvalue weighted by molar-refractivity contribution is 0.0346. The number of pyridine rings is 1. The van der Waals surface area contributed by atoms with E-state index in [0.29, 0.717) is 32.7 Å². The maximum absolute atomic E-state index is 9.79. The summed E-state index contributed by atoms with van der Waals surface area (Å²) in [6.45, 7) is 4.38. The predicted octanol–water partition coefficient (Wildman–Crippen LogP) is 6.73. The summed E-state index contributed by atoms with van der Waals surface area (Å²) in [4.78, 5) is 8.37. The molecule has 0 saturated carbocycles. The highest BCUT2D eigenvalue weighted by molar-refractivity contribution is 7.10. The van der Waals surface area contributed by atoms with Crippen molar-refractivity contribution in [2.45, 2.75) is 6.54 Å². The van der Waals surface area contributed by atoms with Gasteiger partial charge in [-0.25, -0.2) is 0 Å². The van der Waals surface area contributed by atoms with Gasteiger partial charge in [0.1, 0.15) is 11.8 Å². The Kier molecular flexibility index (Phi) is 7.09. The molecular formula is C26H22Cl2N4O2S. The van der Waals surface area contributed by atoms with Crippen molar-refractivity contribution in [2.24, 2.45) is 0 Å². The molecule has 2 aromatic carbocycles. The van der Waals surface area contributed by atoms with E-state index in [1.807, 2.05) is 12.1 Å². The minimum atomic E-state index is 0.413. The van der Waals surface area contributed by atoms with E-state index in [1.165, 1.54) is 4.88 Å². The first-order chi connectivity index (χ1) is 17.1. The molecule has 1 aliphatic rings. The van der Waals surface area contributed by atoms with Crippen LogP contribution in [0.3, 0.4) is 0 Å². The monoisotopic (exact) mass is 524 g/mol. The number of nitriles is 1. The van der Waals surface area contributed by atoms with Gasteiger partial charge in [-0.3, -0.25) is 9.88 Å². The normalized spacial score (nSPS) is 14.1. The minimum absolute atomic E-state index is 0.413. The molecule has 1 saturated heterocycles. The third kappa shape index (κ3) is 4.94. The number of para-hydroxylation sites is 1. The number of nitrogens with one attached hydrogen (secondary N) is 1. The summed E-state index contributed by atoms with van der Waals surface area (Å²) in [6, 6.07) is 13.8. The fourth-order valence-corrected chi connectivity index (χ4v) is 5.61. The van der Waals surface area contributed by atoms with Gasteiger partial charge in [0.15, 0.2) is 0 Å². The number of rotatable bonds is 6. The molecule has 35 heavy (non-hydrogen) atoms. The van der Waals surface area contributed by atoms with Gasteiger partial charge >= 0.3 is 0 Å². The first-order valence-electron chi connectivity index (χ1n) is 11.1. The Morgan fingerprint density at radius 2 is 2.03 bits per heavy atom. The van der Waals surface area contributed by atoms with Crippen molar-refractivity contribution in [3.8, 4) is 22.9 Å². The highest BCUT2D eigenvalue weighted by atomic mass is 35.5. The standard InChI is InChI=1S/C26H22Cl2N4O2S/c1-33-24-11-23(21(27)10-22(24)28)31-25-17(12-29)13-30-26-19(3-2-4-20(25)26)16-9-18(35-15-16)14-32-5-7-34-8-6-32/h2-4,9-11,13,15H,5-8,14H2,1H3,(H,30,31). The first kappa shape index (κ1) is 23.9. The summed E-state index contributed by atoms with van der Waals surface area (Å²) < 4.78 is 10.8. The van der Waals surface area contributed by atoms with Crippen LogP contribution in [0.25, 0.3) is 22.0 Å². The summed E-state index contributed by atoms with van der Waals surface area (Å²) >= 11 is 14.4. The minimum Gasteiger partial charge on any atom is -0.495 e. The number of benzene rings is 2. The maximum Gasteiger partial charge on any atom is 0.139 e. The summed E-state index contributed by atoms with van der Waals surface area (Å²) in [7, 11) is 1.54. The van der Waals surface area contributed by atoms with E-state index >= 15 is 0 Å². The molecule has 0 radical (unpaired) electrons. The molecule has 178 valence electrons. The van der Waals surface area contributed by atoms with E-state index < -0.39 is 0 Å². The quantitative estimate of drug-likeness (QED) is 0.301.